The molecule has 0 aliphatic heterocycles. The lowest BCUT2D eigenvalue weighted by Crippen LogP contribution is -2.16. The molecule has 1 N–H and O–H groups in total. The second kappa shape index (κ2) is 9.52. The van der Waals surface area contributed by atoms with E-state index in [1.807, 2.05) is 54.6 Å². The predicted molar refractivity (Wildman–Crippen MR) is 105 cm³/mol. The number of para-hydroxylation sites is 1. The molecule has 3 rings (SSSR count). The number of methoxy groups -OCH3 is 1. The van der Waals surface area contributed by atoms with Gasteiger partial charge in [-0.05, 0) is 48.9 Å². The molecule has 0 atom stereocenters. The Morgan fingerprint density at radius 2 is 1.76 bits per heavy atom. The summed E-state index contributed by atoms with van der Waals surface area (Å²) in [6, 6.07) is 19.7. The number of benzene rings is 2. The summed E-state index contributed by atoms with van der Waals surface area (Å²) in [5, 5.41) is 4.10. The molecule has 0 aliphatic rings. The van der Waals surface area contributed by atoms with Gasteiger partial charge in [-0.2, -0.15) is 0 Å². The van der Waals surface area contributed by atoms with Crippen LogP contribution in [0.1, 0.15) is 11.3 Å². The molecule has 0 saturated heterocycles. The molecule has 132 valence electrons. The molecular formula is C20H21Cl2NO2. The minimum atomic E-state index is 0. The van der Waals surface area contributed by atoms with E-state index in [4.69, 9.17) is 20.8 Å². The third-order valence-corrected chi connectivity index (χ3v) is 4.19. The first-order chi connectivity index (χ1) is 11.8. The van der Waals surface area contributed by atoms with Crippen molar-refractivity contribution in [3.05, 3.63) is 77.0 Å². The number of furan rings is 1. The first-order valence-electron chi connectivity index (χ1n) is 7.94. The monoisotopic (exact) mass is 377 g/mol. The maximum Gasteiger partial charge on any atom is 0.135 e. The van der Waals surface area contributed by atoms with Gasteiger partial charge in [-0.25, -0.2) is 0 Å². The van der Waals surface area contributed by atoms with Crippen LogP contribution in [-0.4, -0.2) is 13.7 Å². The molecule has 0 aliphatic carbocycles. The number of ether oxygens (including phenoxy) is 1. The minimum absolute atomic E-state index is 0. The number of halogens is 2. The van der Waals surface area contributed by atoms with E-state index >= 15 is 0 Å². The van der Waals surface area contributed by atoms with Crippen LogP contribution in [0.5, 0.6) is 5.75 Å². The van der Waals surface area contributed by atoms with E-state index in [9.17, 15) is 0 Å². The normalized spacial score (nSPS) is 10.3. The zero-order chi connectivity index (χ0) is 16.8. The standard InChI is InChI=1S/C20H20ClNO2.ClH/c1-23-19-9-5-2-6-15(19)12-13-22-14-16-10-11-20(24-16)17-7-3-4-8-18(17)21;/h2-11,22H,12-14H2,1H3;1H. The van der Waals surface area contributed by atoms with E-state index < -0.39 is 0 Å². The molecule has 0 bridgehead atoms. The molecule has 1 heterocycles. The van der Waals surface area contributed by atoms with Crippen molar-refractivity contribution in [3.8, 4) is 17.1 Å². The number of nitrogens with one attached hydrogen (secondary N) is 1. The van der Waals surface area contributed by atoms with Crippen molar-refractivity contribution in [2.24, 2.45) is 0 Å². The second-order valence-electron chi connectivity index (χ2n) is 5.48. The zero-order valence-electron chi connectivity index (χ0n) is 14.0. The maximum absolute atomic E-state index is 6.20. The van der Waals surface area contributed by atoms with Gasteiger partial charge in [0.2, 0.25) is 0 Å². The molecular weight excluding hydrogens is 357 g/mol. The third kappa shape index (κ3) is 5.02. The molecule has 5 heteroatoms. The van der Waals surface area contributed by atoms with Gasteiger partial charge >= 0.3 is 0 Å². The second-order valence-corrected chi connectivity index (χ2v) is 5.89. The summed E-state index contributed by atoms with van der Waals surface area (Å²) in [4.78, 5) is 0. The summed E-state index contributed by atoms with van der Waals surface area (Å²) >= 11 is 6.20. The van der Waals surface area contributed by atoms with E-state index in [-0.39, 0.29) is 12.4 Å². The minimum Gasteiger partial charge on any atom is -0.496 e. The predicted octanol–water partition coefficient (Wildman–Crippen LogP) is 5.36. The molecule has 0 fully saturated rings. The Morgan fingerprint density at radius 3 is 2.56 bits per heavy atom. The van der Waals surface area contributed by atoms with Crippen LogP contribution >= 0.6 is 24.0 Å². The van der Waals surface area contributed by atoms with Gasteiger partial charge in [-0.3, -0.25) is 0 Å². The number of hydrogen-bond acceptors (Lipinski definition) is 3. The summed E-state index contributed by atoms with van der Waals surface area (Å²) in [5.74, 6) is 2.62. The Morgan fingerprint density at radius 1 is 1.00 bits per heavy atom. The highest BCUT2D eigenvalue weighted by molar-refractivity contribution is 6.33. The Bertz CT molecular complexity index is 802. The lowest BCUT2D eigenvalue weighted by molar-refractivity contribution is 0.408. The fourth-order valence-corrected chi connectivity index (χ4v) is 2.85. The van der Waals surface area contributed by atoms with Gasteiger partial charge in [0.25, 0.3) is 0 Å². The smallest absolute Gasteiger partial charge is 0.135 e. The van der Waals surface area contributed by atoms with E-state index in [1.165, 1.54) is 5.56 Å². The SMILES string of the molecule is COc1ccccc1CCNCc1ccc(-c2ccccc2Cl)o1.Cl. The van der Waals surface area contributed by atoms with Gasteiger partial charge in [0.15, 0.2) is 0 Å². The molecule has 0 amide bonds. The Labute approximate surface area is 159 Å². The highest BCUT2D eigenvalue weighted by Crippen LogP contribution is 2.29. The molecule has 0 unspecified atom stereocenters. The highest BCUT2D eigenvalue weighted by Gasteiger charge is 2.08. The summed E-state index contributed by atoms with van der Waals surface area (Å²) < 4.78 is 11.2. The third-order valence-electron chi connectivity index (χ3n) is 3.86. The first-order valence-corrected chi connectivity index (χ1v) is 8.32. The maximum atomic E-state index is 6.20. The number of rotatable bonds is 7. The van der Waals surface area contributed by atoms with Gasteiger partial charge in [-0.15, -0.1) is 12.4 Å². The van der Waals surface area contributed by atoms with Crippen molar-refractivity contribution in [2.45, 2.75) is 13.0 Å². The quantitative estimate of drug-likeness (QED) is 0.562. The number of hydrogen-bond donors (Lipinski definition) is 1. The van der Waals surface area contributed by atoms with Crippen LogP contribution in [-0.2, 0) is 13.0 Å². The molecule has 3 aromatic rings. The van der Waals surface area contributed by atoms with E-state index in [0.717, 1.165) is 35.8 Å². The van der Waals surface area contributed by atoms with Crippen LogP contribution < -0.4 is 10.1 Å². The lowest BCUT2D eigenvalue weighted by Gasteiger charge is -2.08. The van der Waals surface area contributed by atoms with E-state index in [1.54, 1.807) is 7.11 Å². The van der Waals surface area contributed by atoms with Gasteiger partial charge in [0.1, 0.15) is 17.3 Å². The Balaban J connectivity index is 0.00000225. The van der Waals surface area contributed by atoms with Crippen molar-refractivity contribution < 1.29 is 9.15 Å². The van der Waals surface area contributed by atoms with Crippen LogP contribution in [0.2, 0.25) is 5.02 Å². The van der Waals surface area contributed by atoms with Crippen molar-refractivity contribution in [1.82, 2.24) is 5.32 Å². The van der Waals surface area contributed by atoms with Crippen LogP contribution in [0.4, 0.5) is 0 Å². The molecule has 0 radical (unpaired) electrons. The fourth-order valence-electron chi connectivity index (χ4n) is 2.62. The summed E-state index contributed by atoms with van der Waals surface area (Å²) in [7, 11) is 1.70. The average molecular weight is 378 g/mol. The molecule has 0 saturated carbocycles. The summed E-state index contributed by atoms with van der Waals surface area (Å²) in [6.45, 7) is 1.53. The van der Waals surface area contributed by atoms with Gasteiger partial charge in [-0.1, -0.05) is 41.9 Å². The molecule has 1 aromatic heterocycles. The topological polar surface area (TPSA) is 34.4 Å². The van der Waals surface area contributed by atoms with Crippen LogP contribution in [0, 0.1) is 0 Å². The molecule has 0 spiro atoms. The van der Waals surface area contributed by atoms with Gasteiger partial charge in [0, 0.05) is 5.56 Å². The van der Waals surface area contributed by atoms with Crippen LogP contribution in [0.15, 0.2) is 65.1 Å². The van der Waals surface area contributed by atoms with Crippen LogP contribution in [0.25, 0.3) is 11.3 Å². The Hall–Kier alpha value is -1.94. The van der Waals surface area contributed by atoms with Gasteiger partial charge < -0.3 is 14.5 Å². The summed E-state index contributed by atoms with van der Waals surface area (Å²) in [6.07, 6.45) is 0.905. The van der Waals surface area contributed by atoms with Crippen molar-refractivity contribution in [2.75, 3.05) is 13.7 Å². The molecule has 3 nitrogen and oxygen atoms in total. The van der Waals surface area contributed by atoms with Crippen molar-refractivity contribution >= 4 is 24.0 Å². The van der Waals surface area contributed by atoms with Crippen molar-refractivity contribution in [1.29, 1.82) is 0 Å². The highest BCUT2D eigenvalue weighted by atomic mass is 35.5. The largest absolute Gasteiger partial charge is 0.496 e. The first kappa shape index (κ1) is 19.4. The molecule has 2 aromatic carbocycles. The fraction of sp³-hybridized carbons (Fsp3) is 0.200. The summed E-state index contributed by atoms with van der Waals surface area (Å²) in [5.41, 5.74) is 2.11. The lowest BCUT2D eigenvalue weighted by atomic mass is 10.1. The molecule has 25 heavy (non-hydrogen) atoms. The van der Waals surface area contributed by atoms with Gasteiger partial charge in [0.05, 0.1) is 18.7 Å². The zero-order valence-corrected chi connectivity index (χ0v) is 15.6. The van der Waals surface area contributed by atoms with Crippen molar-refractivity contribution in [3.63, 3.8) is 0 Å². The van der Waals surface area contributed by atoms with Crippen LogP contribution in [0.3, 0.4) is 0 Å². The Kier molecular flexibility index (Phi) is 7.38. The van der Waals surface area contributed by atoms with E-state index in [0.29, 0.717) is 11.6 Å². The average Bonchev–Trinajstić information content (AvgIpc) is 3.08. The van der Waals surface area contributed by atoms with E-state index in [2.05, 4.69) is 11.4 Å².